The molecule has 6 heteroatoms. The Morgan fingerprint density at radius 3 is 1.93 bits per heavy atom. The molecule has 0 unspecified atom stereocenters. The Morgan fingerprint density at radius 1 is 0.565 bits per heavy atom. The molecule has 0 radical (unpaired) electrons. The predicted octanol–water partition coefficient (Wildman–Crippen LogP) is 15.4. The summed E-state index contributed by atoms with van der Waals surface area (Å²) in [5, 5.41) is 1.88. The molecule has 0 bridgehead atoms. The second kappa shape index (κ2) is 18.5. The van der Waals surface area contributed by atoms with Gasteiger partial charge in [0, 0.05) is 51.2 Å². The van der Waals surface area contributed by atoms with Gasteiger partial charge in [0.25, 0.3) is 6.33 Å². The number of ether oxygens (including phenoxy) is 1. The first-order chi connectivity index (χ1) is 38.0. The van der Waals surface area contributed by atoms with Gasteiger partial charge in [-0.2, -0.15) is 18.2 Å². The smallest absolute Gasteiger partial charge is 0.268 e. The molecule has 0 amide bonds. The SMILES string of the molecule is [2H]c1c([2H])c([2H])c(-c2cccc(-c3c([2H])c([2H])c([2H])c([2H])c3[2H])c2-[n+]2[c-]n(-c3[c-]c(Oc4[c-]c5c(cc4)c4cc(-c6ccccc6)ccc4n5-c4cc(C([2H])(C)C)c(-c5ccccc5)cn4)ccc3)c3ccccc32)c([2H])c1[2H].[Pt]. The molecule has 0 fully saturated rings. The summed E-state index contributed by atoms with van der Waals surface area (Å²) in [6.07, 6.45) is 5.25. The molecule has 12 aromatic rings. The zero-order valence-corrected chi connectivity index (χ0v) is 39.4. The topological polar surface area (TPSA) is 35.9 Å². The molecule has 0 atom stereocenters. The standard InChI is InChI=1S/C63H44N4O.Pt/c1-43(2)55-40-62(64-41-57(55)47-25-13-6-14-26-47)67-58-36-33-48(44-19-7-3-8-20-44)37-56(58)54-35-34-51(39-61(54)67)68-50-28-17-27-49(38-50)65-42-66(60-32-16-15-31-59(60)65)63-52(45-21-9-4-10-22-45)29-18-30-53(63)46-23-11-5-12-24-46;/h3-37,40-41,43H,1-2H3;/q-2;/i4D,5D,9D,10D,11D,12D,21D,22D,23D,24D,43D;. The van der Waals surface area contributed by atoms with Gasteiger partial charge in [-0.3, -0.25) is 4.57 Å². The maximum absolute atomic E-state index is 9.29. The monoisotopic (exact) mass is 1080 g/mol. The summed E-state index contributed by atoms with van der Waals surface area (Å²) in [4.78, 5) is 5.06. The van der Waals surface area contributed by atoms with Crippen LogP contribution in [0.15, 0.2) is 224 Å². The first kappa shape index (κ1) is 32.6. The molecule has 0 N–H and O–H groups in total. The van der Waals surface area contributed by atoms with E-state index in [0.29, 0.717) is 39.6 Å². The van der Waals surface area contributed by atoms with Crippen LogP contribution in [-0.2, 0) is 21.1 Å². The molecular formula is C63H44N4OPt-2. The summed E-state index contributed by atoms with van der Waals surface area (Å²) >= 11 is 0. The molecule has 334 valence electrons. The van der Waals surface area contributed by atoms with Crippen LogP contribution in [0.1, 0.15) is 40.4 Å². The molecule has 9 aromatic carbocycles. The van der Waals surface area contributed by atoms with E-state index in [1.165, 1.54) is 0 Å². The van der Waals surface area contributed by atoms with Crippen LogP contribution in [0.2, 0.25) is 0 Å². The van der Waals surface area contributed by atoms with Crippen molar-refractivity contribution in [2.45, 2.75) is 19.7 Å². The normalized spacial score (nSPS) is 13.7. The zero-order valence-electron chi connectivity index (χ0n) is 48.1. The minimum absolute atomic E-state index is 0. The maximum atomic E-state index is 9.29. The molecule has 0 aliphatic heterocycles. The second-order valence-corrected chi connectivity index (χ2v) is 16.4. The summed E-state index contributed by atoms with van der Waals surface area (Å²) in [5.74, 6) is 0.323. The minimum atomic E-state index is -0.983. The van der Waals surface area contributed by atoms with Crippen LogP contribution in [0, 0.1) is 18.5 Å². The molecule has 0 spiro atoms. The largest absolute Gasteiger partial charge is 0.510 e. The van der Waals surface area contributed by atoms with Crippen molar-refractivity contribution >= 4 is 32.8 Å². The van der Waals surface area contributed by atoms with Crippen LogP contribution < -0.4 is 9.30 Å². The molecule has 0 saturated heterocycles. The van der Waals surface area contributed by atoms with Crippen molar-refractivity contribution in [3.8, 4) is 73.2 Å². The first-order valence-corrected chi connectivity index (χ1v) is 22.1. The average Bonchev–Trinajstić information content (AvgIpc) is 3.60. The quantitative estimate of drug-likeness (QED) is 0.101. The van der Waals surface area contributed by atoms with E-state index in [2.05, 4.69) is 53.4 Å². The van der Waals surface area contributed by atoms with Crippen molar-refractivity contribution in [1.82, 2.24) is 14.1 Å². The molecule has 3 heterocycles. The van der Waals surface area contributed by atoms with Crippen molar-refractivity contribution < 1.29 is 45.4 Å². The number of para-hydroxylation sites is 3. The minimum Gasteiger partial charge on any atom is -0.510 e. The number of benzene rings is 9. The molecule has 12 rings (SSSR count). The number of hydrogen-bond acceptors (Lipinski definition) is 2. The van der Waals surface area contributed by atoms with Gasteiger partial charge in [0.2, 0.25) is 0 Å². The number of fused-ring (bicyclic) bond motifs is 4. The molecule has 0 saturated carbocycles. The Morgan fingerprint density at radius 2 is 1.22 bits per heavy atom. The van der Waals surface area contributed by atoms with Gasteiger partial charge in [0.15, 0.2) is 0 Å². The molecule has 0 aliphatic rings. The Hall–Kier alpha value is -8.11. The van der Waals surface area contributed by atoms with Gasteiger partial charge < -0.3 is 13.9 Å². The number of pyridine rings is 1. The van der Waals surface area contributed by atoms with Gasteiger partial charge in [-0.15, -0.1) is 29.7 Å². The number of aromatic nitrogens is 4. The van der Waals surface area contributed by atoms with Crippen LogP contribution in [0.25, 0.3) is 94.5 Å². The van der Waals surface area contributed by atoms with Crippen LogP contribution >= 0.6 is 0 Å². The third-order valence-electron chi connectivity index (χ3n) is 12.1. The molecule has 0 aliphatic carbocycles. The van der Waals surface area contributed by atoms with Crippen molar-refractivity contribution in [3.05, 3.63) is 248 Å². The third-order valence-corrected chi connectivity index (χ3v) is 12.1. The van der Waals surface area contributed by atoms with Crippen molar-refractivity contribution in [3.63, 3.8) is 0 Å². The second-order valence-electron chi connectivity index (χ2n) is 16.4. The summed E-state index contributed by atoms with van der Waals surface area (Å²) in [7, 11) is 0. The fraction of sp³-hybridized carbons (Fsp3) is 0.0476. The van der Waals surface area contributed by atoms with E-state index >= 15 is 0 Å². The number of hydrogen-bond donors (Lipinski definition) is 0. The number of rotatable bonds is 10. The molecule has 5 nitrogen and oxygen atoms in total. The van der Waals surface area contributed by atoms with Crippen molar-refractivity contribution in [2.75, 3.05) is 0 Å². The van der Waals surface area contributed by atoms with E-state index in [-0.39, 0.29) is 49.0 Å². The van der Waals surface area contributed by atoms with E-state index in [1.54, 1.807) is 51.6 Å². The first-order valence-electron chi connectivity index (χ1n) is 27.6. The summed E-state index contributed by atoms with van der Waals surface area (Å²) in [6, 6.07) is 51.3. The van der Waals surface area contributed by atoms with Gasteiger partial charge in [0.1, 0.15) is 5.82 Å². The van der Waals surface area contributed by atoms with Crippen LogP contribution in [0.3, 0.4) is 0 Å². The van der Waals surface area contributed by atoms with E-state index in [9.17, 15) is 1.37 Å². The average molecular weight is 1080 g/mol. The van der Waals surface area contributed by atoms with E-state index in [0.717, 1.165) is 44.1 Å². The number of nitrogens with zero attached hydrogens (tertiary/aromatic N) is 4. The van der Waals surface area contributed by atoms with Crippen molar-refractivity contribution in [1.29, 1.82) is 0 Å². The summed E-state index contributed by atoms with van der Waals surface area (Å²) in [6.45, 7) is 3.75. The molecular weight excluding hydrogens is 1020 g/mol. The Labute approximate surface area is 431 Å². The van der Waals surface area contributed by atoms with Gasteiger partial charge in [-0.25, -0.2) is 4.98 Å². The van der Waals surface area contributed by atoms with Crippen LogP contribution in [0.5, 0.6) is 11.5 Å². The fourth-order valence-corrected chi connectivity index (χ4v) is 8.97. The van der Waals surface area contributed by atoms with Crippen LogP contribution in [-0.4, -0.2) is 14.1 Å². The van der Waals surface area contributed by atoms with E-state index in [4.69, 9.17) is 23.4 Å². The number of imidazole rings is 1. The van der Waals surface area contributed by atoms with Crippen molar-refractivity contribution in [2.24, 2.45) is 0 Å². The Bertz CT molecular complexity index is 4320. The van der Waals surface area contributed by atoms with Gasteiger partial charge in [-0.05, 0) is 73.6 Å². The van der Waals surface area contributed by atoms with Gasteiger partial charge in [0.05, 0.1) is 30.4 Å². The van der Waals surface area contributed by atoms with Gasteiger partial charge in [-0.1, -0.05) is 195 Å². The van der Waals surface area contributed by atoms with E-state index < -0.39 is 66.3 Å². The molecule has 3 aromatic heterocycles. The summed E-state index contributed by atoms with van der Waals surface area (Å²) < 4.78 is 109. The molecule has 69 heavy (non-hydrogen) atoms. The predicted molar refractivity (Wildman–Crippen MR) is 276 cm³/mol. The third kappa shape index (κ3) is 8.05. The Kier molecular flexibility index (Phi) is 8.74. The Balaban J connectivity index is 0.00000675. The maximum Gasteiger partial charge on any atom is 0.268 e. The zero-order chi connectivity index (χ0) is 55.2. The summed E-state index contributed by atoms with van der Waals surface area (Å²) in [5.41, 5.74) is 8.00. The van der Waals surface area contributed by atoms with Gasteiger partial charge >= 0.3 is 0 Å². The van der Waals surface area contributed by atoms with Crippen LogP contribution in [0.4, 0.5) is 0 Å². The van der Waals surface area contributed by atoms with E-state index in [1.807, 2.05) is 105 Å². The fourth-order valence-electron chi connectivity index (χ4n) is 8.97.